The van der Waals surface area contributed by atoms with Crippen molar-refractivity contribution in [2.45, 2.75) is 26.4 Å². The number of carbonyl (C=O) groups is 2. The Balaban J connectivity index is 1.60. The number of halogens is 1. The van der Waals surface area contributed by atoms with Gasteiger partial charge in [-0.05, 0) is 31.5 Å². The Hall–Kier alpha value is -2.62. The summed E-state index contributed by atoms with van der Waals surface area (Å²) in [7, 11) is 0. The average molecular weight is 439 g/mol. The number of piperazine rings is 1. The van der Waals surface area contributed by atoms with Gasteiger partial charge in [0, 0.05) is 26.2 Å². The first kappa shape index (κ1) is 22.1. The molecule has 1 atom stereocenters. The molecule has 2 amide bonds. The highest BCUT2D eigenvalue weighted by Crippen LogP contribution is 2.28. The monoisotopic (exact) mass is 438 g/mol. The third kappa shape index (κ3) is 5.10. The lowest BCUT2D eigenvalue weighted by Gasteiger charge is -2.35. The molecular formula is C20H27FN4O4S. The number of ether oxygens (including phenoxy) is 2. The number of cyclic esters (lactones) is 1. The predicted octanol–water partition coefficient (Wildman–Crippen LogP) is 2.76. The van der Waals surface area contributed by atoms with Crippen molar-refractivity contribution >= 4 is 40.8 Å². The molecule has 8 nitrogen and oxygen atoms in total. The summed E-state index contributed by atoms with van der Waals surface area (Å²) in [6, 6.07) is 4.72. The highest BCUT2D eigenvalue weighted by molar-refractivity contribution is 7.80. The van der Waals surface area contributed by atoms with Crippen LogP contribution >= 0.6 is 12.2 Å². The maximum Gasteiger partial charge on any atom is 0.414 e. The molecule has 0 saturated carbocycles. The number of nitrogens with one attached hydrogen (secondary N) is 1. The van der Waals surface area contributed by atoms with E-state index in [0.717, 1.165) is 6.42 Å². The predicted molar refractivity (Wildman–Crippen MR) is 116 cm³/mol. The second-order valence-corrected chi connectivity index (χ2v) is 7.58. The quantitative estimate of drug-likeness (QED) is 0.685. The second kappa shape index (κ2) is 9.92. The topological polar surface area (TPSA) is 74.3 Å². The summed E-state index contributed by atoms with van der Waals surface area (Å²) in [5.74, 6) is -0.418. The number of benzene rings is 1. The lowest BCUT2D eigenvalue weighted by molar-refractivity contribution is 0.105. The fourth-order valence-electron chi connectivity index (χ4n) is 3.46. The Morgan fingerprint density at radius 2 is 2.03 bits per heavy atom. The number of anilines is 2. The Bertz CT molecular complexity index is 801. The van der Waals surface area contributed by atoms with Gasteiger partial charge in [0.05, 0.1) is 36.1 Å². The molecule has 0 spiro atoms. The van der Waals surface area contributed by atoms with Gasteiger partial charge < -0.3 is 24.6 Å². The van der Waals surface area contributed by atoms with Crippen molar-refractivity contribution in [1.29, 1.82) is 0 Å². The van der Waals surface area contributed by atoms with Crippen LogP contribution in [0, 0.1) is 5.82 Å². The summed E-state index contributed by atoms with van der Waals surface area (Å²) >= 11 is 5.12. The Morgan fingerprint density at radius 3 is 2.67 bits per heavy atom. The molecule has 0 aromatic heterocycles. The first-order valence-corrected chi connectivity index (χ1v) is 10.5. The van der Waals surface area contributed by atoms with Crippen molar-refractivity contribution in [3.05, 3.63) is 24.0 Å². The Morgan fingerprint density at radius 1 is 1.30 bits per heavy atom. The van der Waals surface area contributed by atoms with Crippen molar-refractivity contribution in [2.75, 3.05) is 55.7 Å². The van der Waals surface area contributed by atoms with E-state index in [1.54, 1.807) is 24.0 Å². The van der Waals surface area contributed by atoms with Crippen LogP contribution in [0.25, 0.3) is 0 Å². The summed E-state index contributed by atoms with van der Waals surface area (Å²) in [5.41, 5.74) is 0.897. The Labute approximate surface area is 180 Å². The highest BCUT2D eigenvalue weighted by Gasteiger charge is 2.33. The molecule has 2 heterocycles. The smallest absolute Gasteiger partial charge is 0.414 e. The number of hydrogen-bond acceptors (Lipinski definition) is 6. The lowest BCUT2D eigenvalue weighted by atomic mass is 10.2. The summed E-state index contributed by atoms with van der Waals surface area (Å²) in [5, 5.41) is 3.06. The van der Waals surface area contributed by atoms with E-state index in [1.807, 2.05) is 11.8 Å². The molecule has 0 unspecified atom stereocenters. The Kier molecular flexibility index (Phi) is 7.30. The summed E-state index contributed by atoms with van der Waals surface area (Å²) in [4.78, 5) is 29.7. The van der Waals surface area contributed by atoms with E-state index in [-0.39, 0.29) is 12.2 Å². The van der Waals surface area contributed by atoms with Crippen LogP contribution in [-0.4, -0.2) is 74.1 Å². The molecule has 2 saturated heterocycles. The zero-order valence-electron chi connectivity index (χ0n) is 17.2. The molecule has 30 heavy (non-hydrogen) atoms. The standard InChI is InChI=1S/C20H27FN4O4S/c1-3-18(30)22-12-15-13-25(20(27)29-15)14-5-6-17(16(21)11-14)23-7-9-24(10-8-23)19(26)28-4-2/h5-6,11,15H,3-4,7-10,12-13H2,1-2H3,(H,22,30)/t15-/m0/s1. The van der Waals surface area contributed by atoms with E-state index in [4.69, 9.17) is 21.7 Å². The van der Waals surface area contributed by atoms with Gasteiger partial charge in [0.1, 0.15) is 11.9 Å². The van der Waals surface area contributed by atoms with Crippen LogP contribution in [-0.2, 0) is 9.47 Å². The zero-order valence-corrected chi connectivity index (χ0v) is 18.0. The minimum Gasteiger partial charge on any atom is -0.450 e. The summed E-state index contributed by atoms with van der Waals surface area (Å²) in [6.45, 7) is 6.74. The number of rotatable bonds is 6. The van der Waals surface area contributed by atoms with Crippen LogP contribution in [0.15, 0.2) is 18.2 Å². The molecular weight excluding hydrogens is 411 g/mol. The molecule has 1 aromatic carbocycles. The maximum absolute atomic E-state index is 14.8. The first-order chi connectivity index (χ1) is 14.4. The van der Waals surface area contributed by atoms with Gasteiger partial charge >= 0.3 is 12.2 Å². The van der Waals surface area contributed by atoms with Gasteiger partial charge in [-0.3, -0.25) is 4.90 Å². The van der Waals surface area contributed by atoms with Gasteiger partial charge in [-0.25, -0.2) is 14.0 Å². The third-order valence-corrected chi connectivity index (χ3v) is 5.54. The fraction of sp³-hybridized carbons (Fsp3) is 0.550. The molecule has 1 N–H and O–H groups in total. The van der Waals surface area contributed by atoms with Crippen LogP contribution in [0.3, 0.4) is 0 Å². The van der Waals surface area contributed by atoms with E-state index < -0.39 is 11.9 Å². The second-order valence-electron chi connectivity index (χ2n) is 7.08. The van der Waals surface area contributed by atoms with E-state index in [9.17, 15) is 14.0 Å². The van der Waals surface area contributed by atoms with Crippen LogP contribution in [0.1, 0.15) is 20.3 Å². The highest BCUT2D eigenvalue weighted by atomic mass is 32.1. The first-order valence-electron chi connectivity index (χ1n) is 10.1. The van der Waals surface area contributed by atoms with Gasteiger partial charge in [0.25, 0.3) is 0 Å². The summed E-state index contributed by atoms with van der Waals surface area (Å²) in [6.07, 6.45) is -0.468. The number of carbonyl (C=O) groups excluding carboxylic acids is 2. The molecule has 0 bridgehead atoms. The van der Waals surface area contributed by atoms with Crippen LogP contribution in [0.2, 0.25) is 0 Å². The number of nitrogens with zero attached hydrogens (tertiary/aromatic N) is 3. The van der Waals surface area contributed by atoms with Crippen molar-refractivity contribution in [3.8, 4) is 0 Å². The summed E-state index contributed by atoms with van der Waals surface area (Å²) < 4.78 is 25.2. The molecule has 2 aliphatic heterocycles. The van der Waals surface area contributed by atoms with Gasteiger partial charge in [-0.15, -0.1) is 0 Å². The minimum atomic E-state index is -0.501. The fourth-order valence-corrected chi connectivity index (χ4v) is 3.54. The van der Waals surface area contributed by atoms with E-state index in [2.05, 4.69) is 5.32 Å². The molecule has 3 rings (SSSR count). The van der Waals surface area contributed by atoms with Crippen molar-refractivity contribution in [3.63, 3.8) is 0 Å². The molecule has 0 aliphatic carbocycles. The minimum absolute atomic E-state index is 0.329. The molecule has 0 radical (unpaired) electrons. The molecule has 2 fully saturated rings. The number of amides is 2. The van der Waals surface area contributed by atoms with Crippen LogP contribution in [0.4, 0.5) is 25.4 Å². The molecule has 2 aliphatic rings. The van der Waals surface area contributed by atoms with Gasteiger partial charge in [0.15, 0.2) is 0 Å². The zero-order chi connectivity index (χ0) is 21.7. The van der Waals surface area contributed by atoms with E-state index in [1.165, 1.54) is 11.0 Å². The average Bonchev–Trinajstić information content (AvgIpc) is 3.12. The normalized spacial score (nSPS) is 19.0. The van der Waals surface area contributed by atoms with Gasteiger partial charge in [-0.1, -0.05) is 19.1 Å². The van der Waals surface area contributed by atoms with Crippen molar-refractivity contribution < 1.29 is 23.5 Å². The maximum atomic E-state index is 14.8. The lowest BCUT2D eigenvalue weighted by Crippen LogP contribution is -2.49. The number of hydrogen-bond donors (Lipinski definition) is 1. The number of thiocarbonyl (C=S) groups is 1. The van der Waals surface area contributed by atoms with Gasteiger partial charge in [0.2, 0.25) is 0 Å². The molecule has 10 heteroatoms. The molecule has 164 valence electrons. The van der Waals surface area contributed by atoms with E-state index in [0.29, 0.717) is 62.2 Å². The van der Waals surface area contributed by atoms with Crippen molar-refractivity contribution in [2.24, 2.45) is 0 Å². The molecule has 1 aromatic rings. The van der Waals surface area contributed by atoms with Gasteiger partial charge in [-0.2, -0.15) is 0 Å². The van der Waals surface area contributed by atoms with E-state index >= 15 is 0 Å². The van der Waals surface area contributed by atoms with Crippen LogP contribution < -0.4 is 15.1 Å². The largest absolute Gasteiger partial charge is 0.450 e. The SMILES string of the molecule is CCOC(=O)N1CCN(c2ccc(N3C[C@H](CNC(=S)CC)OC3=O)cc2F)CC1. The van der Waals surface area contributed by atoms with Crippen LogP contribution in [0.5, 0.6) is 0 Å². The van der Waals surface area contributed by atoms with Crippen molar-refractivity contribution in [1.82, 2.24) is 10.2 Å². The third-order valence-electron chi connectivity index (χ3n) is 5.11.